The molecule has 0 bridgehead atoms. The highest BCUT2D eigenvalue weighted by molar-refractivity contribution is 5.67. The van der Waals surface area contributed by atoms with Gasteiger partial charge in [0.05, 0.1) is 5.69 Å². The summed E-state index contributed by atoms with van der Waals surface area (Å²) in [5.74, 6) is 0.734. The molecule has 4 rings (SSSR count). The van der Waals surface area contributed by atoms with Crippen molar-refractivity contribution in [3.8, 4) is 11.3 Å². The predicted molar refractivity (Wildman–Crippen MR) is 89.3 cm³/mol. The van der Waals surface area contributed by atoms with Crippen LogP contribution in [0.5, 0.6) is 0 Å². The van der Waals surface area contributed by atoms with Gasteiger partial charge in [-0.25, -0.2) is 9.97 Å². The topological polar surface area (TPSA) is 55.0 Å². The van der Waals surface area contributed by atoms with Crippen molar-refractivity contribution in [2.75, 3.05) is 18.0 Å². The van der Waals surface area contributed by atoms with Crippen LogP contribution in [0.2, 0.25) is 0 Å². The van der Waals surface area contributed by atoms with Gasteiger partial charge in [-0.05, 0) is 31.2 Å². The first-order chi connectivity index (χ1) is 11.9. The third-order valence-corrected chi connectivity index (χ3v) is 4.96. The highest BCUT2D eigenvalue weighted by atomic mass is 19.4. The van der Waals surface area contributed by atoms with Gasteiger partial charge < -0.3 is 10.6 Å². The standard InChI is InChI=1S/C18H19F3N4/c19-18(20,21)16(22)12-7-5-11(6-8-12)15-13-3-1-4-14(13)23-17(24-15)25-9-2-10-25/h5-8,16H,1-4,9-10,22H2. The summed E-state index contributed by atoms with van der Waals surface area (Å²) in [6, 6.07) is 4.29. The van der Waals surface area contributed by atoms with Gasteiger partial charge in [-0.3, -0.25) is 0 Å². The van der Waals surface area contributed by atoms with Gasteiger partial charge in [-0.1, -0.05) is 24.3 Å². The number of rotatable bonds is 3. The molecule has 0 radical (unpaired) electrons. The fraction of sp³-hybridized carbons (Fsp3) is 0.444. The van der Waals surface area contributed by atoms with Crippen LogP contribution in [0.4, 0.5) is 19.1 Å². The normalized spacial score (nSPS) is 18.0. The quantitative estimate of drug-likeness (QED) is 0.924. The summed E-state index contributed by atoms with van der Waals surface area (Å²) >= 11 is 0. The maximum Gasteiger partial charge on any atom is 0.407 e. The Hall–Kier alpha value is -2.15. The Bertz CT molecular complexity index is 782. The summed E-state index contributed by atoms with van der Waals surface area (Å²) in [6.07, 6.45) is -0.419. The molecule has 25 heavy (non-hydrogen) atoms. The molecule has 1 aliphatic heterocycles. The predicted octanol–water partition coefficient (Wildman–Crippen LogP) is 3.40. The maximum absolute atomic E-state index is 12.8. The Balaban J connectivity index is 1.71. The number of fused-ring (bicyclic) bond motifs is 1. The van der Waals surface area contributed by atoms with Gasteiger partial charge in [0, 0.05) is 29.9 Å². The maximum atomic E-state index is 12.8. The number of benzene rings is 1. The molecule has 2 N–H and O–H groups in total. The second kappa shape index (κ2) is 5.98. The summed E-state index contributed by atoms with van der Waals surface area (Å²) in [5, 5.41) is 0. The van der Waals surface area contributed by atoms with E-state index >= 15 is 0 Å². The molecule has 1 atom stereocenters. The van der Waals surface area contributed by atoms with E-state index in [1.54, 1.807) is 12.1 Å². The molecule has 0 amide bonds. The molecule has 132 valence electrons. The number of hydrogen-bond donors (Lipinski definition) is 1. The van der Waals surface area contributed by atoms with E-state index < -0.39 is 12.2 Å². The van der Waals surface area contributed by atoms with Crippen molar-refractivity contribution in [1.29, 1.82) is 0 Å². The van der Waals surface area contributed by atoms with Gasteiger partial charge in [0.2, 0.25) is 5.95 Å². The van der Waals surface area contributed by atoms with E-state index in [0.717, 1.165) is 67.2 Å². The summed E-state index contributed by atoms with van der Waals surface area (Å²) < 4.78 is 38.3. The first kappa shape index (κ1) is 16.3. The molecule has 1 aliphatic carbocycles. The van der Waals surface area contributed by atoms with Crippen LogP contribution in [0, 0.1) is 0 Å². The van der Waals surface area contributed by atoms with Gasteiger partial charge in [0.15, 0.2) is 0 Å². The number of hydrogen-bond acceptors (Lipinski definition) is 4. The molecule has 1 fully saturated rings. The second-order valence-electron chi connectivity index (χ2n) is 6.63. The molecule has 2 heterocycles. The fourth-order valence-corrected chi connectivity index (χ4v) is 3.35. The number of aromatic nitrogens is 2. The lowest BCUT2D eigenvalue weighted by Crippen LogP contribution is -2.38. The average Bonchev–Trinajstić information content (AvgIpc) is 2.99. The minimum atomic E-state index is -4.44. The summed E-state index contributed by atoms with van der Waals surface area (Å²) in [7, 11) is 0. The molecule has 7 heteroatoms. The van der Waals surface area contributed by atoms with Crippen LogP contribution in [0.3, 0.4) is 0 Å². The Morgan fingerprint density at radius 3 is 2.32 bits per heavy atom. The van der Waals surface area contributed by atoms with Gasteiger partial charge in [-0.15, -0.1) is 0 Å². The number of halogens is 3. The lowest BCUT2D eigenvalue weighted by atomic mass is 10.0. The number of nitrogens with two attached hydrogens (primary N) is 1. The first-order valence-corrected chi connectivity index (χ1v) is 8.51. The Morgan fingerprint density at radius 2 is 1.72 bits per heavy atom. The van der Waals surface area contributed by atoms with E-state index in [9.17, 15) is 13.2 Å². The van der Waals surface area contributed by atoms with E-state index in [1.807, 2.05) is 0 Å². The van der Waals surface area contributed by atoms with Gasteiger partial charge in [0.25, 0.3) is 0 Å². The highest BCUT2D eigenvalue weighted by Crippen LogP contribution is 2.35. The molecule has 1 aromatic heterocycles. The highest BCUT2D eigenvalue weighted by Gasteiger charge is 2.37. The SMILES string of the molecule is NC(c1ccc(-c2nc(N3CCC3)nc3c2CCC3)cc1)C(F)(F)F. The van der Waals surface area contributed by atoms with Crippen LogP contribution in [0.1, 0.15) is 35.7 Å². The third-order valence-electron chi connectivity index (χ3n) is 4.96. The van der Waals surface area contributed by atoms with Crippen molar-refractivity contribution < 1.29 is 13.2 Å². The van der Waals surface area contributed by atoms with Crippen LogP contribution < -0.4 is 10.6 Å². The first-order valence-electron chi connectivity index (χ1n) is 8.51. The van der Waals surface area contributed by atoms with Crippen molar-refractivity contribution in [3.05, 3.63) is 41.1 Å². The molecule has 1 saturated heterocycles. The fourth-order valence-electron chi connectivity index (χ4n) is 3.35. The van der Waals surface area contributed by atoms with Crippen LogP contribution in [0.25, 0.3) is 11.3 Å². The van der Waals surface area contributed by atoms with Crippen LogP contribution in [-0.4, -0.2) is 29.2 Å². The molecule has 4 nitrogen and oxygen atoms in total. The number of nitrogens with zero attached hydrogens (tertiary/aromatic N) is 3. The zero-order valence-electron chi connectivity index (χ0n) is 13.7. The average molecular weight is 348 g/mol. The second-order valence-corrected chi connectivity index (χ2v) is 6.63. The molecule has 1 unspecified atom stereocenters. The largest absolute Gasteiger partial charge is 0.407 e. The molecule has 2 aromatic rings. The summed E-state index contributed by atoms with van der Waals surface area (Å²) in [4.78, 5) is 11.5. The molecule has 1 aromatic carbocycles. The van der Waals surface area contributed by atoms with Crippen molar-refractivity contribution in [1.82, 2.24) is 9.97 Å². The Kier molecular flexibility index (Phi) is 3.91. The van der Waals surface area contributed by atoms with Crippen LogP contribution in [-0.2, 0) is 12.8 Å². The minimum Gasteiger partial charge on any atom is -0.341 e. The minimum absolute atomic E-state index is 0.0601. The zero-order chi connectivity index (χ0) is 17.6. The number of anilines is 1. The van der Waals surface area contributed by atoms with Gasteiger partial charge in [0.1, 0.15) is 6.04 Å². The Morgan fingerprint density at radius 1 is 1.00 bits per heavy atom. The van der Waals surface area contributed by atoms with Crippen LogP contribution >= 0.6 is 0 Å². The zero-order valence-corrected chi connectivity index (χ0v) is 13.7. The third kappa shape index (κ3) is 2.97. The summed E-state index contributed by atoms with van der Waals surface area (Å²) in [5.41, 5.74) is 9.20. The molecule has 0 spiro atoms. The molecule has 0 saturated carbocycles. The monoisotopic (exact) mass is 348 g/mol. The van der Waals surface area contributed by atoms with Crippen LogP contribution in [0.15, 0.2) is 24.3 Å². The number of aryl methyl sites for hydroxylation is 1. The van der Waals surface area contributed by atoms with E-state index in [-0.39, 0.29) is 5.56 Å². The lowest BCUT2D eigenvalue weighted by molar-refractivity contribution is -0.149. The van der Waals surface area contributed by atoms with Crippen molar-refractivity contribution >= 4 is 5.95 Å². The van der Waals surface area contributed by atoms with Crippen molar-refractivity contribution in [3.63, 3.8) is 0 Å². The molecule has 2 aliphatic rings. The lowest BCUT2D eigenvalue weighted by Gasteiger charge is -2.31. The van der Waals surface area contributed by atoms with Gasteiger partial charge >= 0.3 is 6.18 Å². The van der Waals surface area contributed by atoms with E-state index in [1.165, 1.54) is 12.1 Å². The smallest absolute Gasteiger partial charge is 0.341 e. The summed E-state index contributed by atoms with van der Waals surface area (Å²) in [6.45, 7) is 1.91. The van der Waals surface area contributed by atoms with Gasteiger partial charge in [-0.2, -0.15) is 13.2 Å². The van der Waals surface area contributed by atoms with E-state index in [0.29, 0.717) is 0 Å². The van der Waals surface area contributed by atoms with E-state index in [4.69, 9.17) is 10.7 Å². The van der Waals surface area contributed by atoms with Crippen molar-refractivity contribution in [2.24, 2.45) is 5.73 Å². The van der Waals surface area contributed by atoms with E-state index in [2.05, 4.69) is 9.88 Å². The number of alkyl halides is 3. The Labute approximate surface area is 143 Å². The molecular weight excluding hydrogens is 329 g/mol. The molecular formula is C18H19F3N4. The van der Waals surface area contributed by atoms with Crippen molar-refractivity contribution in [2.45, 2.75) is 37.9 Å².